The molecular weight excluding hydrogens is 234 g/mol. The van der Waals surface area contributed by atoms with Gasteiger partial charge in [0.15, 0.2) is 0 Å². The fraction of sp³-hybridized carbons (Fsp3) is 0.333. The lowest BCUT2D eigenvalue weighted by molar-refractivity contribution is 0.104. The van der Waals surface area contributed by atoms with Crippen LogP contribution in [-0.4, -0.2) is 30.4 Å². The summed E-state index contributed by atoms with van der Waals surface area (Å²) in [6.45, 7) is 1.22. The average molecular weight is 249 g/mol. The van der Waals surface area contributed by atoms with Gasteiger partial charge in [-0.1, -0.05) is 5.16 Å². The van der Waals surface area contributed by atoms with Crippen LogP contribution >= 0.6 is 0 Å². The van der Waals surface area contributed by atoms with Crippen molar-refractivity contribution >= 4 is 0 Å². The molecule has 6 nitrogen and oxygen atoms in total. The van der Waals surface area contributed by atoms with Crippen LogP contribution in [0.1, 0.15) is 5.89 Å². The molecule has 2 N–H and O–H groups in total. The highest BCUT2D eigenvalue weighted by atomic mass is 16.5. The first-order valence-electron chi connectivity index (χ1n) is 5.58. The maximum absolute atomic E-state index is 5.31. The van der Waals surface area contributed by atoms with Crippen LogP contribution in [0.25, 0.3) is 11.4 Å². The Labute approximate surface area is 105 Å². The first-order chi connectivity index (χ1) is 8.83. The Morgan fingerprint density at radius 1 is 1.28 bits per heavy atom. The van der Waals surface area contributed by atoms with E-state index in [1.807, 2.05) is 24.3 Å². The Bertz CT molecular complexity index is 482. The van der Waals surface area contributed by atoms with Gasteiger partial charge in [0.1, 0.15) is 12.4 Å². The quantitative estimate of drug-likeness (QED) is 0.775. The van der Waals surface area contributed by atoms with Gasteiger partial charge < -0.3 is 19.7 Å². The van der Waals surface area contributed by atoms with Crippen LogP contribution in [0.3, 0.4) is 0 Å². The summed E-state index contributed by atoms with van der Waals surface area (Å²) in [6.07, 6.45) is 0. The molecule has 0 fully saturated rings. The number of aromatic nitrogens is 2. The second-order valence-electron chi connectivity index (χ2n) is 3.58. The Kier molecular flexibility index (Phi) is 4.27. The maximum atomic E-state index is 5.31. The van der Waals surface area contributed by atoms with E-state index in [0.29, 0.717) is 24.9 Å². The maximum Gasteiger partial charge on any atom is 0.252 e. The molecule has 0 atom stereocenters. The highest BCUT2D eigenvalue weighted by molar-refractivity contribution is 5.55. The minimum atomic E-state index is 0.278. The highest BCUT2D eigenvalue weighted by Crippen LogP contribution is 2.19. The van der Waals surface area contributed by atoms with Gasteiger partial charge in [0.25, 0.3) is 5.89 Å². The minimum absolute atomic E-state index is 0.278. The minimum Gasteiger partial charge on any atom is -0.497 e. The van der Waals surface area contributed by atoms with Gasteiger partial charge in [0.05, 0.1) is 13.7 Å². The van der Waals surface area contributed by atoms with Crippen molar-refractivity contribution in [1.29, 1.82) is 0 Å². The van der Waals surface area contributed by atoms with E-state index >= 15 is 0 Å². The molecule has 0 aliphatic heterocycles. The summed E-state index contributed by atoms with van der Waals surface area (Å²) < 4.78 is 15.4. The molecule has 18 heavy (non-hydrogen) atoms. The van der Waals surface area contributed by atoms with Gasteiger partial charge in [-0.3, -0.25) is 0 Å². The zero-order chi connectivity index (χ0) is 12.8. The topological polar surface area (TPSA) is 83.4 Å². The molecule has 1 aromatic carbocycles. The van der Waals surface area contributed by atoms with E-state index in [0.717, 1.165) is 11.3 Å². The second kappa shape index (κ2) is 6.13. The van der Waals surface area contributed by atoms with Crippen molar-refractivity contribution in [3.8, 4) is 17.1 Å². The third-order valence-corrected chi connectivity index (χ3v) is 2.30. The van der Waals surface area contributed by atoms with Crippen molar-refractivity contribution in [3.63, 3.8) is 0 Å². The lowest BCUT2D eigenvalue weighted by Gasteiger charge is -1.99. The Morgan fingerprint density at radius 3 is 2.72 bits per heavy atom. The molecule has 2 aromatic rings. The number of hydrogen-bond acceptors (Lipinski definition) is 6. The lowest BCUT2D eigenvalue weighted by Crippen LogP contribution is -2.08. The third-order valence-electron chi connectivity index (χ3n) is 2.30. The molecule has 0 amide bonds. The van der Waals surface area contributed by atoms with Gasteiger partial charge in [-0.15, -0.1) is 0 Å². The van der Waals surface area contributed by atoms with Crippen molar-refractivity contribution in [2.24, 2.45) is 5.73 Å². The molecule has 0 saturated carbocycles. The van der Waals surface area contributed by atoms with Gasteiger partial charge in [-0.2, -0.15) is 4.98 Å². The van der Waals surface area contributed by atoms with Crippen LogP contribution in [0.4, 0.5) is 0 Å². The lowest BCUT2D eigenvalue weighted by atomic mass is 10.2. The zero-order valence-corrected chi connectivity index (χ0v) is 10.1. The Morgan fingerprint density at radius 2 is 2.06 bits per heavy atom. The van der Waals surface area contributed by atoms with Crippen LogP contribution in [0.5, 0.6) is 5.75 Å². The number of hydrogen-bond donors (Lipinski definition) is 1. The number of nitrogens with zero attached hydrogens (tertiary/aromatic N) is 2. The van der Waals surface area contributed by atoms with Gasteiger partial charge in [-0.05, 0) is 24.3 Å². The third kappa shape index (κ3) is 3.06. The zero-order valence-electron chi connectivity index (χ0n) is 10.1. The van der Waals surface area contributed by atoms with Crippen LogP contribution < -0.4 is 10.5 Å². The molecule has 0 bridgehead atoms. The van der Waals surface area contributed by atoms with E-state index in [9.17, 15) is 0 Å². The Hall–Kier alpha value is -1.92. The molecule has 96 valence electrons. The molecule has 1 aromatic heterocycles. The Balaban J connectivity index is 2.04. The van der Waals surface area contributed by atoms with E-state index in [2.05, 4.69) is 10.1 Å². The van der Waals surface area contributed by atoms with E-state index in [1.165, 1.54) is 0 Å². The first-order valence-corrected chi connectivity index (χ1v) is 5.58. The van der Waals surface area contributed by atoms with Gasteiger partial charge >= 0.3 is 0 Å². The molecule has 2 rings (SSSR count). The van der Waals surface area contributed by atoms with Crippen molar-refractivity contribution in [1.82, 2.24) is 10.1 Å². The average Bonchev–Trinajstić information content (AvgIpc) is 2.88. The van der Waals surface area contributed by atoms with Crippen molar-refractivity contribution in [2.75, 3.05) is 20.3 Å². The number of benzene rings is 1. The summed E-state index contributed by atoms with van der Waals surface area (Å²) in [4.78, 5) is 4.22. The fourth-order valence-electron chi connectivity index (χ4n) is 1.41. The van der Waals surface area contributed by atoms with Crippen molar-refractivity contribution < 1.29 is 14.0 Å². The summed E-state index contributed by atoms with van der Waals surface area (Å²) in [5.74, 6) is 1.76. The summed E-state index contributed by atoms with van der Waals surface area (Å²) in [5, 5.41) is 3.88. The van der Waals surface area contributed by atoms with E-state index in [4.69, 9.17) is 19.7 Å². The molecule has 6 heteroatoms. The molecule has 0 aliphatic carbocycles. The largest absolute Gasteiger partial charge is 0.497 e. The summed E-state index contributed by atoms with van der Waals surface area (Å²) in [7, 11) is 1.62. The predicted octanol–water partition coefficient (Wildman–Crippen LogP) is 1.22. The van der Waals surface area contributed by atoms with Gasteiger partial charge in [-0.25, -0.2) is 0 Å². The predicted molar refractivity (Wildman–Crippen MR) is 65.0 cm³/mol. The monoisotopic (exact) mass is 249 g/mol. The standard InChI is InChI=1S/C12H15N3O3/c1-16-10-4-2-9(3-5-10)12-14-11(18-15-12)8-17-7-6-13/h2-5H,6-8,13H2,1H3. The van der Waals surface area contributed by atoms with Gasteiger partial charge in [0, 0.05) is 12.1 Å². The molecule has 1 heterocycles. The molecule has 0 saturated heterocycles. The summed E-state index contributed by atoms with van der Waals surface area (Å²) >= 11 is 0. The van der Waals surface area contributed by atoms with Crippen molar-refractivity contribution in [3.05, 3.63) is 30.2 Å². The van der Waals surface area contributed by atoms with E-state index in [1.54, 1.807) is 7.11 Å². The van der Waals surface area contributed by atoms with E-state index < -0.39 is 0 Å². The number of methoxy groups -OCH3 is 1. The highest BCUT2D eigenvalue weighted by Gasteiger charge is 2.08. The molecule has 0 radical (unpaired) electrons. The van der Waals surface area contributed by atoms with Crippen LogP contribution in [0.2, 0.25) is 0 Å². The fourth-order valence-corrected chi connectivity index (χ4v) is 1.41. The normalized spacial score (nSPS) is 10.6. The molecular formula is C12H15N3O3. The molecule has 0 aliphatic rings. The summed E-state index contributed by atoms with van der Waals surface area (Å²) in [5.41, 5.74) is 6.18. The smallest absolute Gasteiger partial charge is 0.252 e. The van der Waals surface area contributed by atoms with Crippen LogP contribution in [0, 0.1) is 0 Å². The van der Waals surface area contributed by atoms with E-state index in [-0.39, 0.29) is 6.61 Å². The molecule has 0 unspecified atom stereocenters. The molecule has 0 spiro atoms. The summed E-state index contributed by atoms with van der Waals surface area (Å²) in [6, 6.07) is 7.43. The van der Waals surface area contributed by atoms with Crippen LogP contribution in [0.15, 0.2) is 28.8 Å². The number of ether oxygens (including phenoxy) is 2. The first kappa shape index (κ1) is 12.5. The second-order valence-corrected chi connectivity index (χ2v) is 3.58. The number of nitrogens with two attached hydrogens (primary N) is 1. The SMILES string of the molecule is COc1ccc(-c2noc(COCCN)n2)cc1. The van der Waals surface area contributed by atoms with Crippen molar-refractivity contribution in [2.45, 2.75) is 6.61 Å². The van der Waals surface area contributed by atoms with Crippen LogP contribution in [-0.2, 0) is 11.3 Å². The van der Waals surface area contributed by atoms with Gasteiger partial charge in [0.2, 0.25) is 5.82 Å². The number of rotatable bonds is 6.